The zero-order valence-electron chi connectivity index (χ0n) is 13.9. The zero-order valence-corrected chi connectivity index (χ0v) is 16.0. The Morgan fingerprint density at radius 1 is 1.28 bits per heavy atom. The van der Waals surface area contributed by atoms with Crippen LogP contribution in [0.25, 0.3) is 0 Å². The zero-order chi connectivity index (χ0) is 18.8. The van der Waals surface area contributed by atoms with Crippen LogP contribution < -0.4 is 5.32 Å². The third-order valence-electron chi connectivity index (χ3n) is 3.27. The summed E-state index contributed by atoms with van der Waals surface area (Å²) < 4.78 is 43.9. The number of aryl methyl sites for hydroxylation is 1. The van der Waals surface area contributed by atoms with Gasteiger partial charge in [-0.05, 0) is 40.8 Å². The highest BCUT2D eigenvalue weighted by molar-refractivity contribution is 14.1. The van der Waals surface area contributed by atoms with E-state index in [1.807, 2.05) is 43.4 Å². The van der Waals surface area contributed by atoms with Crippen LogP contribution in [0.2, 0.25) is 0 Å². The lowest BCUT2D eigenvalue weighted by Crippen LogP contribution is -2.15. The van der Waals surface area contributed by atoms with Gasteiger partial charge in [-0.1, -0.05) is 25.9 Å². The first-order valence-electron chi connectivity index (χ1n) is 7.46. The van der Waals surface area contributed by atoms with Gasteiger partial charge < -0.3 is 9.84 Å². The van der Waals surface area contributed by atoms with Gasteiger partial charge in [0.1, 0.15) is 0 Å². The molecular formula is C16H17F3IN3O2. The normalized spacial score (nSPS) is 12.3. The predicted octanol–water partition coefficient (Wildman–Crippen LogP) is 4.56. The molecule has 0 bridgehead atoms. The van der Waals surface area contributed by atoms with Crippen LogP contribution in [0.3, 0.4) is 0 Å². The molecule has 0 spiro atoms. The second-order valence-electron chi connectivity index (χ2n) is 6.50. The number of rotatable bonds is 4. The third kappa shape index (κ3) is 5.41. The van der Waals surface area contributed by atoms with Crippen molar-refractivity contribution in [3.63, 3.8) is 0 Å². The summed E-state index contributed by atoms with van der Waals surface area (Å²) in [5.41, 5.74) is -0.950. The van der Waals surface area contributed by atoms with Crippen LogP contribution in [0.4, 0.5) is 18.9 Å². The highest BCUT2D eigenvalue weighted by Crippen LogP contribution is 2.32. The van der Waals surface area contributed by atoms with Gasteiger partial charge in [0, 0.05) is 21.8 Å². The molecule has 1 aromatic carbocycles. The van der Waals surface area contributed by atoms with Gasteiger partial charge in [-0.15, -0.1) is 0 Å². The molecule has 1 N–H and O–H groups in total. The SMILES string of the molecule is CC(C)(C)c1noc(CCC(=O)Nc2cc(C(F)(F)F)ccc2I)n1. The first-order valence-corrected chi connectivity index (χ1v) is 8.54. The van der Waals surface area contributed by atoms with Crippen LogP contribution in [0.5, 0.6) is 0 Å². The second kappa shape index (κ2) is 7.30. The molecule has 5 nitrogen and oxygen atoms in total. The highest BCUT2D eigenvalue weighted by atomic mass is 127. The number of amides is 1. The average Bonchev–Trinajstić information content (AvgIpc) is 2.95. The number of nitrogens with zero attached hydrogens (tertiary/aromatic N) is 2. The van der Waals surface area contributed by atoms with E-state index in [0.717, 1.165) is 12.1 Å². The number of hydrogen-bond acceptors (Lipinski definition) is 4. The summed E-state index contributed by atoms with van der Waals surface area (Å²) in [4.78, 5) is 16.2. The minimum atomic E-state index is -4.46. The molecule has 2 aromatic rings. The van der Waals surface area contributed by atoms with E-state index < -0.39 is 17.6 Å². The Morgan fingerprint density at radius 2 is 1.96 bits per heavy atom. The number of aromatic nitrogens is 2. The first kappa shape index (κ1) is 19.7. The van der Waals surface area contributed by atoms with Crippen molar-refractivity contribution >= 4 is 34.2 Å². The lowest BCUT2D eigenvalue weighted by Gasteiger charge is -2.11. The number of hydrogen-bond donors (Lipinski definition) is 1. The van der Waals surface area contributed by atoms with E-state index in [1.165, 1.54) is 6.07 Å². The Hall–Kier alpha value is -1.65. The van der Waals surface area contributed by atoms with Gasteiger partial charge in [0.25, 0.3) is 0 Å². The van der Waals surface area contributed by atoms with Crippen molar-refractivity contribution in [1.82, 2.24) is 10.1 Å². The molecule has 0 unspecified atom stereocenters. The molecule has 0 radical (unpaired) electrons. The largest absolute Gasteiger partial charge is 0.416 e. The van der Waals surface area contributed by atoms with E-state index in [2.05, 4.69) is 15.5 Å². The molecule has 0 fully saturated rings. The van der Waals surface area contributed by atoms with Crippen LogP contribution in [-0.2, 0) is 22.8 Å². The Bertz CT molecular complexity index is 767. The Kier molecular flexibility index (Phi) is 5.75. The molecule has 0 aliphatic heterocycles. The molecule has 0 aliphatic carbocycles. The molecule has 0 saturated heterocycles. The summed E-state index contributed by atoms with van der Waals surface area (Å²) in [6.07, 6.45) is -4.22. The monoisotopic (exact) mass is 467 g/mol. The number of halogens is 4. The van der Waals surface area contributed by atoms with E-state index in [-0.39, 0.29) is 23.9 Å². The topological polar surface area (TPSA) is 68.0 Å². The van der Waals surface area contributed by atoms with Gasteiger partial charge in [-0.3, -0.25) is 4.79 Å². The van der Waals surface area contributed by atoms with E-state index in [9.17, 15) is 18.0 Å². The minimum Gasteiger partial charge on any atom is -0.339 e. The summed E-state index contributed by atoms with van der Waals surface area (Å²) in [5.74, 6) is 0.432. The smallest absolute Gasteiger partial charge is 0.339 e. The fraction of sp³-hybridized carbons (Fsp3) is 0.438. The number of carbonyl (C=O) groups excluding carboxylic acids is 1. The van der Waals surface area contributed by atoms with Gasteiger partial charge in [0.05, 0.1) is 11.3 Å². The maximum atomic E-state index is 12.8. The molecule has 0 aliphatic rings. The van der Waals surface area contributed by atoms with Crippen molar-refractivity contribution in [2.24, 2.45) is 0 Å². The quantitative estimate of drug-likeness (QED) is 0.670. The van der Waals surface area contributed by atoms with Crippen molar-refractivity contribution in [2.75, 3.05) is 5.32 Å². The average molecular weight is 467 g/mol. The van der Waals surface area contributed by atoms with Crippen LogP contribution in [-0.4, -0.2) is 16.0 Å². The van der Waals surface area contributed by atoms with E-state index >= 15 is 0 Å². The fourth-order valence-corrected chi connectivity index (χ4v) is 2.36. The molecule has 0 atom stereocenters. The number of alkyl halides is 3. The van der Waals surface area contributed by atoms with Crippen LogP contribution in [0, 0.1) is 3.57 Å². The second-order valence-corrected chi connectivity index (χ2v) is 7.66. The molecule has 1 heterocycles. The maximum absolute atomic E-state index is 12.8. The summed E-state index contributed by atoms with van der Waals surface area (Å²) in [5, 5.41) is 6.35. The van der Waals surface area contributed by atoms with Crippen molar-refractivity contribution in [3.8, 4) is 0 Å². The van der Waals surface area contributed by atoms with Crippen LogP contribution >= 0.6 is 22.6 Å². The number of carbonyl (C=O) groups is 1. The van der Waals surface area contributed by atoms with Gasteiger partial charge in [0.2, 0.25) is 11.8 Å². The highest BCUT2D eigenvalue weighted by Gasteiger charge is 2.31. The molecule has 1 aromatic heterocycles. The minimum absolute atomic E-state index is 0.0259. The van der Waals surface area contributed by atoms with Crippen molar-refractivity contribution < 1.29 is 22.5 Å². The summed E-state index contributed by atoms with van der Waals surface area (Å²) in [6, 6.07) is 3.21. The van der Waals surface area contributed by atoms with Crippen molar-refractivity contribution in [2.45, 2.75) is 45.2 Å². The molecule has 1 amide bonds. The third-order valence-corrected chi connectivity index (χ3v) is 4.21. The molecule has 2 rings (SSSR count). The first-order chi connectivity index (χ1) is 11.5. The van der Waals surface area contributed by atoms with Crippen molar-refractivity contribution in [3.05, 3.63) is 39.0 Å². The Labute approximate surface area is 156 Å². The molecule has 136 valence electrons. The van der Waals surface area contributed by atoms with E-state index in [0.29, 0.717) is 15.3 Å². The molecular weight excluding hydrogens is 450 g/mol. The lowest BCUT2D eigenvalue weighted by atomic mass is 9.96. The lowest BCUT2D eigenvalue weighted by molar-refractivity contribution is -0.137. The molecule has 0 saturated carbocycles. The van der Waals surface area contributed by atoms with Crippen LogP contribution in [0.1, 0.15) is 44.5 Å². The van der Waals surface area contributed by atoms with E-state index in [1.54, 1.807) is 0 Å². The van der Waals surface area contributed by atoms with Gasteiger partial charge in [-0.25, -0.2) is 0 Å². The van der Waals surface area contributed by atoms with Crippen LogP contribution in [0.15, 0.2) is 22.7 Å². The van der Waals surface area contributed by atoms with Gasteiger partial charge >= 0.3 is 6.18 Å². The molecule has 9 heteroatoms. The summed E-state index contributed by atoms with van der Waals surface area (Å²) in [7, 11) is 0. The molecule has 25 heavy (non-hydrogen) atoms. The fourth-order valence-electron chi connectivity index (χ4n) is 1.89. The van der Waals surface area contributed by atoms with E-state index in [4.69, 9.17) is 4.52 Å². The number of benzene rings is 1. The Balaban J connectivity index is 2.00. The predicted molar refractivity (Wildman–Crippen MR) is 94.1 cm³/mol. The standard InChI is InChI=1S/C16H17F3IN3O2/c1-15(2,3)14-22-13(25-23-14)7-6-12(24)21-11-8-9(16(17,18)19)4-5-10(11)20/h4-5,8H,6-7H2,1-3H3,(H,21,24). The maximum Gasteiger partial charge on any atom is 0.416 e. The summed E-state index contributed by atoms with van der Waals surface area (Å²) in [6.45, 7) is 5.80. The van der Waals surface area contributed by atoms with Crippen molar-refractivity contribution in [1.29, 1.82) is 0 Å². The number of anilines is 1. The van der Waals surface area contributed by atoms with Gasteiger partial charge in [0.15, 0.2) is 5.82 Å². The number of nitrogens with one attached hydrogen (secondary N) is 1. The Morgan fingerprint density at radius 3 is 2.52 bits per heavy atom. The van der Waals surface area contributed by atoms with Gasteiger partial charge in [-0.2, -0.15) is 18.2 Å². The summed E-state index contributed by atoms with van der Waals surface area (Å²) >= 11 is 1.87.